The van der Waals surface area contributed by atoms with Gasteiger partial charge < -0.3 is 14.2 Å². The summed E-state index contributed by atoms with van der Waals surface area (Å²) in [6.07, 6.45) is 1.54. The first-order chi connectivity index (χ1) is 9.35. The van der Waals surface area contributed by atoms with Crippen LogP contribution in [0.5, 0.6) is 0 Å². The lowest BCUT2D eigenvalue weighted by atomic mass is 10.2. The van der Waals surface area contributed by atoms with E-state index in [9.17, 15) is 4.79 Å². The number of carbonyl (C=O) groups excluding carboxylic acids is 1. The molecule has 0 N–H and O–H groups in total. The quantitative estimate of drug-likeness (QED) is 0.830. The van der Waals surface area contributed by atoms with Crippen molar-refractivity contribution in [1.82, 2.24) is 15.0 Å². The van der Waals surface area contributed by atoms with Crippen LogP contribution in [0.2, 0.25) is 0 Å². The molecule has 1 saturated heterocycles. The highest BCUT2D eigenvalue weighted by molar-refractivity contribution is 5.68. The van der Waals surface area contributed by atoms with Gasteiger partial charge in [0.25, 0.3) is 0 Å². The van der Waals surface area contributed by atoms with E-state index in [0.717, 1.165) is 31.0 Å². The van der Waals surface area contributed by atoms with Crippen LogP contribution in [-0.2, 0) is 11.3 Å². The molecule has 0 unspecified atom stereocenters. The molecule has 6 heteroatoms. The van der Waals surface area contributed by atoms with Crippen LogP contribution < -0.4 is 0 Å². The number of amides is 1. The fraction of sp³-hybridized carbons (Fsp3) is 0.714. The van der Waals surface area contributed by atoms with Crippen LogP contribution in [0.3, 0.4) is 0 Å². The van der Waals surface area contributed by atoms with Crippen LogP contribution in [0, 0.1) is 6.92 Å². The molecule has 112 valence electrons. The van der Waals surface area contributed by atoms with Gasteiger partial charge in [0, 0.05) is 38.3 Å². The molecule has 0 radical (unpaired) electrons. The summed E-state index contributed by atoms with van der Waals surface area (Å²) < 4.78 is 10.4. The number of rotatable bonds is 2. The number of aromatic nitrogens is 1. The molecule has 1 fully saturated rings. The maximum Gasteiger partial charge on any atom is 0.410 e. The van der Waals surface area contributed by atoms with Gasteiger partial charge in [-0.2, -0.15) is 0 Å². The Kier molecular flexibility index (Phi) is 4.32. The molecule has 1 aromatic rings. The summed E-state index contributed by atoms with van der Waals surface area (Å²) in [5.74, 6) is 0.861. The van der Waals surface area contributed by atoms with Gasteiger partial charge in [-0.1, -0.05) is 5.16 Å². The molecular formula is C14H23N3O3. The van der Waals surface area contributed by atoms with Crippen LogP contribution in [0.15, 0.2) is 10.7 Å². The summed E-state index contributed by atoms with van der Waals surface area (Å²) >= 11 is 0. The molecule has 1 amide bonds. The van der Waals surface area contributed by atoms with Gasteiger partial charge in [0.1, 0.15) is 11.4 Å². The summed E-state index contributed by atoms with van der Waals surface area (Å²) in [6, 6.07) is 0. The lowest BCUT2D eigenvalue weighted by molar-refractivity contribution is 0.0138. The number of ether oxygens (including phenoxy) is 1. The summed E-state index contributed by atoms with van der Waals surface area (Å²) in [7, 11) is 0. The van der Waals surface area contributed by atoms with E-state index in [0.29, 0.717) is 13.1 Å². The third kappa shape index (κ3) is 3.96. The first-order valence-electron chi connectivity index (χ1n) is 6.95. The molecule has 0 aliphatic carbocycles. The van der Waals surface area contributed by atoms with E-state index >= 15 is 0 Å². The molecule has 0 spiro atoms. The predicted molar refractivity (Wildman–Crippen MR) is 74.3 cm³/mol. The minimum Gasteiger partial charge on any atom is -0.444 e. The second-order valence-electron chi connectivity index (χ2n) is 6.15. The Labute approximate surface area is 119 Å². The highest BCUT2D eigenvalue weighted by Gasteiger charge is 2.26. The van der Waals surface area contributed by atoms with Crippen molar-refractivity contribution in [2.24, 2.45) is 0 Å². The number of piperazine rings is 1. The van der Waals surface area contributed by atoms with Gasteiger partial charge in [-0.05, 0) is 27.7 Å². The third-order valence-electron chi connectivity index (χ3n) is 3.27. The van der Waals surface area contributed by atoms with E-state index in [4.69, 9.17) is 9.26 Å². The van der Waals surface area contributed by atoms with Crippen LogP contribution >= 0.6 is 0 Å². The molecular weight excluding hydrogens is 258 g/mol. The molecule has 0 aromatic carbocycles. The van der Waals surface area contributed by atoms with Crippen molar-refractivity contribution in [2.75, 3.05) is 26.2 Å². The van der Waals surface area contributed by atoms with Crippen molar-refractivity contribution < 1.29 is 14.1 Å². The summed E-state index contributed by atoms with van der Waals surface area (Å²) in [5.41, 5.74) is 0.670. The number of carbonyl (C=O) groups is 1. The second kappa shape index (κ2) is 5.83. The Balaban J connectivity index is 1.81. The SMILES string of the molecule is Cc1oncc1CN1CCN(C(=O)OC(C)(C)C)CC1. The minimum absolute atomic E-state index is 0.224. The largest absolute Gasteiger partial charge is 0.444 e. The maximum atomic E-state index is 12.0. The first kappa shape index (κ1) is 14.8. The topological polar surface area (TPSA) is 58.8 Å². The fourth-order valence-electron chi connectivity index (χ4n) is 2.13. The van der Waals surface area contributed by atoms with Crippen molar-refractivity contribution in [1.29, 1.82) is 0 Å². The van der Waals surface area contributed by atoms with Gasteiger partial charge in [0.15, 0.2) is 0 Å². The molecule has 0 saturated carbocycles. The van der Waals surface area contributed by atoms with Gasteiger partial charge in [-0.25, -0.2) is 4.79 Å². The normalized spacial score (nSPS) is 17.3. The van der Waals surface area contributed by atoms with Crippen molar-refractivity contribution in [2.45, 2.75) is 39.8 Å². The minimum atomic E-state index is -0.437. The summed E-state index contributed by atoms with van der Waals surface area (Å²) in [6.45, 7) is 11.4. The van der Waals surface area contributed by atoms with Crippen molar-refractivity contribution >= 4 is 6.09 Å². The van der Waals surface area contributed by atoms with E-state index < -0.39 is 5.60 Å². The lowest BCUT2D eigenvalue weighted by Gasteiger charge is -2.35. The Morgan fingerprint density at radius 3 is 2.50 bits per heavy atom. The Morgan fingerprint density at radius 1 is 1.35 bits per heavy atom. The van der Waals surface area contributed by atoms with Crippen LogP contribution in [0.25, 0.3) is 0 Å². The second-order valence-corrected chi connectivity index (χ2v) is 6.15. The van der Waals surface area contributed by atoms with Gasteiger partial charge in [0.2, 0.25) is 0 Å². The maximum absolute atomic E-state index is 12.0. The third-order valence-corrected chi connectivity index (χ3v) is 3.27. The molecule has 1 aromatic heterocycles. The zero-order valence-electron chi connectivity index (χ0n) is 12.7. The Bertz CT molecular complexity index is 456. The average molecular weight is 281 g/mol. The number of aryl methyl sites for hydroxylation is 1. The molecule has 1 aliphatic rings. The van der Waals surface area contributed by atoms with E-state index in [1.54, 1.807) is 11.1 Å². The van der Waals surface area contributed by atoms with E-state index in [1.165, 1.54) is 0 Å². The predicted octanol–water partition coefficient (Wildman–Crippen LogP) is 2.04. The van der Waals surface area contributed by atoms with Gasteiger partial charge >= 0.3 is 6.09 Å². The van der Waals surface area contributed by atoms with Gasteiger partial charge in [-0.3, -0.25) is 4.90 Å². The van der Waals surface area contributed by atoms with Gasteiger partial charge in [-0.15, -0.1) is 0 Å². The molecule has 20 heavy (non-hydrogen) atoms. The van der Waals surface area contributed by atoms with Crippen LogP contribution in [-0.4, -0.2) is 52.8 Å². The van der Waals surface area contributed by atoms with Crippen LogP contribution in [0.4, 0.5) is 4.79 Å². The van der Waals surface area contributed by atoms with Gasteiger partial charge in [0.05, 0.1) is 6.20 Å². The smallest absolute Gasteiger partial charge is 0.410 e. The van der Waals surface area contributed by atoms with Crippen LogP contribution in [0.1, 0.15) is 32.1 Å². The first-order valence-corrected chi connectivity index (χ1v) is 6.95. The molecule has 0 atom stereocenters. The monoisotopic (exact) mass is 281 g/mol. The zero-order valence-corrected chi connectivity index (χ0v) is 12.7. The molecule has 2 heterocycles. The molecule has 0 bridgehead atoms. The average Bonchev–Trinajstić information content (AvgIpc) is 2.74. The number of hydrogen-bond donors (Lipinski definition) is 0. The molecule has 2 rings (SSSR count). The summed E-state index contributed by atoms with van der Waals surface area (Å²) in [4.78, 5) is 16.0. The summed E-state index contributed by atoms with van der Waals surface area (Å²) in [5, 5.41) is 3.78. The Hall–Kier alpha value is -1.56. The van der Waals surface area contributed by atoms with E-state index in [-0.39, 0.29) is 6.09 Å². The van der Waals surface area contributed by atoms with E-state index in [2.05, 4.69) is 10.1 Å². The fourth-order valence-corrected chi connectivity index (χ4v) is 2.13. The highest BCUT2D eigenvalue weighted by atomic mass is 16.6. The van der Waals surface area contributed by atoms with Crippen molar-refractivity contribution in [3.05, 3.63) is 17.5 Å². The highest BCUT2D eigenvalue weighted by Crippen LogP contribution is 2.14. The molecule has 1 aliphatic heterocycles. The van der Waals surface area contributed by atoms with E-state index in [1.807, 2.05) is 27.7 Å². The lowest BCUT2D eigenvalue weighted by Crippen LogP contribution is -2.49. The number of hydrogen-bond acceptors (Lipinski definition) is 5. The standard InChI is InChI=1S/C14H23N3O3/c1-11-12(9-15-20-11)10-16-5-7-17(8-6-16)13(18)19-14(2,3)4/h9H,5-8,10H2,1-4H3. The Morgan fingerprint density at radius 2 is 2.00 bits per heavy atom. The molecule has 6 nitrogen and oxygen atoms in total. The zero-order chi connectivity index (χ0) is 14.8. The van der Waals surface area contributed by atoms with Crippen molar-refractivity contribution in [3.8, 4) is 0 Å². The van der Waals surface area contributed by atoms with Crippen molar-refractivity contribution in [3.63, 3.8) is 0 Å². The number of nitrogens with zero attached hydrogens (tertiary/aromatic N) is 3.